The Morgan fingerprint density at radius 1 is 1.33 bits per heavy atom. The number of aryl methyl sites for hydroxylation is 1. The maximum atomic E-state index is 13.3. The summed E-state index contributed by atoms with van der Waals surface area (Å²) in [6.07, 6.45) is 8.64. The van der Waals surface area contributed by atoms with E-state index in [9.17, 15) is 4.79 Å². The highest BCUT2D eigenvalue weighted by atomic mass is 16.2. The van der Waals surface area contributed by atoms with Crippen LogP contribution >= 0.6 is 0 Å². The van der Waals surface area contributed by atoms with Crippen LogP contribution in [0.1, 0.15) is 51.2 Å². The minimum atomic E-state index is -0.0903. The van der Waals surface area contributed by atoms with Crippen molar-refractivity contribution in [3.63, 3.8) is 0 Å². The van der Waals surface area contributed by atoms with Crippen LogP contribution in [0.25, 0.3) is 16.5 Å². The van der Waals surface area contributed by atoms with Crippen molar-refractivity contribution in [3.8, 4) is 0 Å². The molecule has 27 heavy (non-hydrogen) atoms. The molecule has 1 aromatic heterocycles. The van der Waals surface area contributed by atoms with Crippen molar-refractivity contribution >= 4 is 22.4 Å². The van der Waals surface area contributed by atoms with E-state index in [-0.39, 0.29) is 11.8 Å². The number of aromatic nitrogens is 1. The number of rotatable bonds is 6. The molecule has 0 bridgehead atoms. The van der Waals surface area contributed by atoms with Crippen molar-refractivity contribution in [2.24, 2.45) is 5.92 Å². The number of amides is 1. The molecule has 2 aliphatic rings. The molecule has 1 aliphatic heterocycles. The summed E-state index contributed by atoms with van der Waals surface area (Å²) in [7, 11) is 0. The van der Waals surface area contributed by atoms with E-state index in [2.05, 4.69) is 66.4 Å². The quantitative estimate of drug-likeness (QED) is 0.757. The SMILES string of the molecule is CCCNCC(/C=C1\CCc2c[nH]c3cccc1c23)C(=O)N1C(C)C[C@@H]1C. The van der Waals surface area contributed by atoms with Crippen molar-refractivity contribution in [1.29, 1.82) is 0 Å². The van der Waals surface area contributed by atoms with Gasteiger partial charge in [-0.3, -0.25) is 4.79 Å². The maximum Gasteiger partial charge on any atom is 0.231 e. The Hall–Kier alpha value is -2.07. The summed E-state index contributed by atoms with van der Waals surface area (Å²) in [5.41, 5.74) is 5.22. The van der Waals surface area contributed by atoms with Gasteiger partial charge in [0.05, 0.1) is 5.92 Å². The number of H-pyrrole nitrogens is 1. The van der Waals surface area contributed by atoms with Gasteiger partial charge >= 0.3 is 0 Å². The van der Waals surface area contributed by atoms with Crippen LogP contribution in [-0.2, 0) is 11.2 Å². The van der Waals surface area contributed by atoms with Gasteiger partial charge in [0.1, 0.15) is 0 Å². The lowest BCUT2D eigenvalue weighted by atomic mass is 9.85. The van der Waals surface area contributed by atoms with Crippen LogP contribution < -0.4 is 5.32 Å². The van der Waals surface area contributed by atoms with Crippen molar-refractivity contribution < 1.29 is 4.79 Å². The lowest BCUT2D eigenvalue weighted by Gasteiger charge is -2.46. The first-order chi connectivity index (χ1) is 13.1. The third-order valence-corrected chi connectivity index (χ3v) is 6.19. The van der Waals surface area contributed by atoms with Gasteiger partial charge in [-0.15, -0.1) is 0 Å². The first kappa shape index (κ1) is 18.3. The summed E-state index contributed by atoms with van der Waals surface area (Å²) in [6.45, 7) is 8.17. The molecule has 2 unspecified atom stereocenters. The Morgan fingerprint density at radius 3 is 2.89 bits per heavy atom. The van der Waals surface area contributed by atoms with Crippen LogP contribution in [0, 0.1) is 5.92 Å². The first-order valence-corrected chi connectivity index (χ1v) is 10.4. The zero-order valence-electron chi connectivity index (χ0n) is 16.7. The number of benzene rings is 1. The molecular formula is C23H31N3O. The molecule has 2 heterocycles. The van der Waals surface area contributed by atoms with Gasteiger partial charge in [0.15, 0.2) is 0 Å². The minimum absolute atomic E-state index is 0.0903. The highest BCUT2D eigenvalue weighted by molar-refractivity contribution is 5.97. The zero-order chi connectivity index (χ0) is 19.0. The second-order valence-electron chi connectivity index (χ2n) is 8.22. The molecule has 1 amide bonds. The fourth-order valence-electron chi connectivity index (χ4n) is 4.84. The molecule has 1 aliphatic carbocycles. The van der Waals surface area contributed by atoms with Crippen molar-refractivity contribution in [2.45, 2.75) is 58.5 Å². The molecule has 1 fully saturated rings. The summed E-state index contributed by atoms with van der Waals surface area (Å²) in [6, 6.07) is 7.19. The van der Waals surface area contributed by atoms with Crippen LogP contribution in [0.2, 0.25) is 0 Å². The van der Waals surface area contributed by atoms with E-state index in [1.165, 1.54) is 27.6 Å². The Morgan fingerprint density at radius 2 is 2.15 bits per heavy atom. The molecule has 2 N–H and O–H groups in total. The molecule has 144 valence electrons. The van der Waals surface area contributed by atoms with Gasteiger partial charge in [0.2, 0.25) is 5.91 Å². The monoisotopic (exact) mass is 365 g/mol. The number of carbonyl (C=O) groups excluding carboxylic acids is 1. The summed E-state index contributed by atoms with van der Waals surface area (Å²) in [4.78, 5) is 18.8. The Kier molecular flexibility index (Phi) is 5.09. The van der Waals surface area contributed by atoms with Crippen molar-refractivity contribution in [1.82, 2.24) is 15.2 Å². The van der Waals surface area contributed by atoms with Crippen LogP contribution in [0.15, 0.2) is 30.5 Å². The summed E-state index contributed by atoms with van der Waals surface area (Å²) in [5, 5.41) is 4.82. The van der Waals surface area contributed by atoms with Crippen LogP contribution in [0.5, 0.6) is 0 Å². The lowest BCUT2D eigenvalue weighted by molar-refractivity contribution is -0.145. The number of hydrogen-bond acceptors (Lipinski definition) is 2. The lowest BCUT2D eigenvalue weighted by Crippen LogP contribution is -2.58. The van der Waals surface area contributed by atoms with Crippen LogP contribution in [-0.4, -0.2) is 41.0 Å². The highest BCUT2D eigenvalue weighted by Crippen LogP contribution is 2.37. The molecule has 0 saturated carbocycles. The van der Waals surface area contributed by atoms with E-state index >= 15 is 0 Å². The van der Waals surface area contributed by atoms with Crippen LogP contribution in [0.4, 0.5) is 0 Å². The molecule has 0 radical (unpaired) electrons. The molecule has 4 rings (SSSR count). The van der Waals surface area contributed by atoms with E-state index < -0.39 is 0 Å². The van der Waals surface area contributed by atoms with Gasteiger partial charge in [0, 0.05) is 35.7 Å². The smallest absolute Gasteiger partial charge is 0.231 e. The summed E-state index contributed by atoms with van der Waals surface area (Å²) >= 11 is 0. The molecular weight excluding hydrogens is 334 g/mol. The molecule has 1 saturated heterocycles. The van der Waals surface area contributed by atoms with E-state index in [1.54, 1.807) is 0 Å². The Balaban J connectivity index is 1.66. The predicted octanol–water partition coefficient (Wildman–Crippen LogP) is 4.12. The third-order valence-electron chi connectivity index (χ3n) is 6.19. The molecule has 0 spiro atoms. The summed E-state index contributed by atoms with van der Waals surface area (Å²) in [5.74, 6) is 0.192. The minimum Gasteiger partial charge on any atom is -0.361 e. The fraction of sp³-hybridized carbons (Fsp3) is 0.522. The molecule has 1 aromatic carbocycles. The van der Waals surface area contributed by atoms with Crippen molar-refractivity contribution in [3.05, 3.63) is 41.6 Å². The second-order valence-corrected chi connectivity index (χ2v) is 8.22. The number of aromatic amines is 1. The number of nitrogens with zero attached hydrogens (tertiary/aromatic N) is 1. The van der Waals surface area contributed by atoms with Gasteiger partial charge in [-0.25, -0.2) is 0 Å². The highest BCUT2D eigenvalue weighted by Gasteiger charge is 2.38. The maximum absolute atomic E-state index is 13.3. The average Bonchev–Trinajstić information content (AvgIpc) is 3.07. The molecule has 4 nitrogen and oxygen atoms in total. The van der Waals surface area contributed by atoms with E-state index in [4.69, 9.17) is 0 Å². The normalized spacial score (nSPS) is 24.3. The number of carbonyl (C=O) groups is 1. The molecule has 4 heteroatoms. The number of likely N-dealkylation sites (tertiary alicyclic amines) is 1. The average molecular weight is 366 g/mol. The van der Waals surface area contributed by atoms with E-state index in [1.807, 2.05) is 0 Å². The predicted molar refractivity (Wildman–Crippen MR) is 112 cm³/mol. The largest absolute Gasteiger partial charge is 0.361 e. The number of nitrogens with one attached hydrogen (secondary N) is 2. The Labute approximate surface area is 162 Å². The van der Waals surface area contributed by atoms with Crippen LogP contribution in [0.3, 0.4) is 0 Å². The second kappa shape index (κ2) is 7.51. The zero-order valence-corrected chi connectivity index (χ0v) is 16.7. The third kappa shape index (κ3) is 3.31. The van der Waals surface area contributed by atoms with Crippen molar-refractivity contribution in [2.75, 3.05) is 13.1 Å². The Bertz CT molecular complexity index is 858. The standard InChI is InChI=1S/C23H31N3O/c1-4-10-24-13-19(23(27)26-15(2)11-16(26)3)12-17-8-9-18-14-25-21-7-5-6-20(17)22(18)21/h5-7,12,14-16,19,24-25H,4,8-11,13H2,1-3H3/b17-12+/t15-,16?,19?/m0/s1. The van der Waals surface area contributed by atoms with E-state index in [0.717, 1.165) is 38.8 Å². The molecule has 2 aromatic rings. The number of allylic oxidation sites excluding steroid dienone is 1. The van der Waals surface area contributed by atoms with Gasteiger partial charge < -0.3 is 15.2 Å². The van der Waals surface area contributed by atoms with Gasteiger partial charge in [0.25, 0.3) is 0 Å². The topological polar surface area (TPSA) is 48.1 Å². The van der Waals surface area contributed by atoms with Gasteiger partial charge in [-0.2, -0.15) is 0 Å². The van der Waals surface area contributed by atoms with E-state index in [0.29, 0.717) is 12.1 Å². The summed E-state index contributed by atoms with van der Waals surface area (Å²) < 4.78 is 0. The van der Waals surface area contributed by atoms with Gasteiger partial charge in [-0.05, 0) is 68.8 Å². The van der Waals surface area contributed by atoms with Gasteiger partial charge in [-0.1, -0.05) is 25.1 Å². The molecule has 3 atom stereocenters. The number of hydrogen-bond donors (Lipinski definition) is 2. The first-order valence-electron chi connectivity index (χ1n) is 10.4. The fourth-order valence-corrected chi connectivity index (χ4v) is 4.84.